The van der Waals surface area contributed by atoms with Gasteiger partial charge < -0.3 is 10.6 Å². The molecule has 21 heavy (non-hydrogen) atoms. The molecule has 1 aliphatic heterocycles. The van der Waals surface area contributed by atoms with Gasteiger partial charge in [0.05, 0.1) is 0 Å². The topological polar surface area (TPSA) is 37.0 Å². The van der Waals surface area contributed by atoms with Crippen LogP contribution in [-0.4, -0.2) is 30.2 Å². The minimum atomic E-state index is 0.707. The maximum atomic E-state index is 4.42. The molecule has 0 spiro atoms. The molecule has 0 aromatic carbocycles. The summed E-state index contributed by atoms with van der Waals surface area (Å²) in [7, 11) is 0. The zero-order chi connectivity index (χ0) is 14.3. The Hall–Kier alpha value is -0.930. The van der Waals surface area contributed by atoms with Crippen molar-refractivity contribution in [3.8, 4) is 0 Å². The normalized spacial score (nSPS) is 30.2. The highest BCUT2D eigenvalue weighted by atomic mass is 15.0. The summed E-state index contributed by atoms with van der Waals surface area (Å²) in [6.45, 7) is 2.28. The van der Waals surface area contributed by atoms with Crippen LogP contribution in [-0.2, 0) is 6.42 Å². The molecular weight excluding hydrogens is 258 g/mol. The van der Waals surface area contributed by atoms with Crippen LogP contribution in [0, 0.1) is 5.92 Å². The summed E-state index contributed by atoms with van der Waals surface area (Å²) in [5.74, 6) is 0.836. The molecule has 3 nitrogen and oxygen atoms in total. The number of piperidine rings is 1. The Morgan fingerprint density at radius 3 is 2.81 bits per heavy atom. The Bertz CT molecular complexity index is 400. The molecule has 3 atom stereocenters. The lowest BCUT2D eigenvalue weighted by Crippen LogP contribution is -2.50. The van der Waals surface area contributed by atoms with Crippen LogP contribution >= 0.6 is 0 Å². The van der Waals surface area contributed by atoms with Gasteiger partial charge in [-0.2, -0.15) is 0 Å². The minimum absolute atomic E-state index is 0.707. The van der Waals surface area contributed by atoms with E-state index >= 15 is 0 Å². The fourth-order valence-corrected chi connectivity index (χ4v) is 4.07. The van der Waals surface area contributed by atoms with Crippen molar-refractivity contribution in [3.05, 3.63) is 30.1 Å². The molecule has 0 amide bonds. The molecule has 2 aliphatic rings. The number of pyridine rings is 1. The van der Waals surface area contributed by atoms with Gasteiger partial charge in [-0.15, -0.1) is 0 Å². The molecule has 3 heteroatoms. The van der Waals surface area contributed by atoms with E-state index in [1.54, 1.807) is 0 Å². The number of hydrogen-bond acceptors (Lipinski definition) is 3. The van der Waals surface area contributed by atoms with Crippen molar-refractivity contribution in [2.75, 3.05) is 13.1 Å². The fraction of sp³-hybridized carbons (Fsp3) is 0.722. The third kappa shape index (κ3) is 4.27. The molecule has 0 bridgehead atoms. The molecule has 1 aromatic rings. The Kier molecular flexibility index (Phi) is 5.64. The highest BCUT2D eigenvalue weighted by Gasteiger charge is 2.31. The van der Waals surface area contributed by atoms with Crippen LogP contribution in [0.2, 0.25) is 0 Å². The third-order valence-corrected chi connectivity index (χ3v) is 5.20. The van der Waals surface area contributed by atoms with E-state index in [2.05, 4.69) is 27.8 Å². The lowest BCUT2D eigenvalue weighted by Gasteiger charge is -2.40. The van der Waals surface area contributed by atoms with E-state index in [0.717, 1.165) is 24.9 Å². The summed E-state index contributed by atoms with van der Waals surface area (Å²) in [6, 6.07) is 7.66. The van der Waals surface area contributed by atoms with Crippen molar-refractivity contribution < 1.29 is 0 Å². The maximum Gasteiger partial charge on any atom is 0.0416 e. The lowest BCUT2D eigenvalue weighted by molar-refractivity contribution is 0.182. The standard InChI is InChI=1S/C18H29N3/c1-2-9-18(16(8-1)17-10-4-6-13-20-17)21-14-11-15-7-3-5-12-19-15/h3,5,7,12,16-18,20-21H,1-2,4,6,8-11,13-14H2. The van der Waals surface area contributed by atoms with E-state index in [4.69, 9.17) is 0 Å². The van der Waals surface area contributed by atoms with E-state index in [9.17, 15) is 0 Å². The van der Waals surface area contributed by atoms with Crippen LogP contribution in [0.15, 0.2) is 24.4 Å². The average Bonchev–Trinajstić information content (AvgIpc) is 2.57. The minimum Gasteiger partial charge on any atom is -0.314 e. The van der Waals surface area contributed by atoms with Gasteiger partial charge in [-0.05, 0) is 50.3 Å². The zero-order valence-corrected chi connectivity index (χ0v) is 13.1. The smallest absolute Gasteiger partial charge is 0.0416 e. The van der Waals surface area contributed by atoms with Gasteiger partial charge in [0.15, 0.2) is 0 Å². The van der Waals surface area contributed by atoms with E-state index in [1.165, 1.54) is 57.2 Å². The van der Waals surface area contributed by atoms with Crippen molar-refractivity contribution >= 4 is 0 Å². The second-order valence-electron chi connectivity index (χ2n) is 6.64. The van der Waals surface area contributed by atoms with E-state index < -0.39 is 0 Å². The first-order chi connectivity index (χ1) is 10.4. The average molecular weight is 287 g/mol. The predicted octanol–water partition coefficient (Wildman–Crippen LogP) is 2.91. The van der Waals surface area contributed by atoms with Crippen molar-refractivity contribution in [3.63, 3.8) is 0 Å². The second kappa shape index (κ2) is 7.90. The molecular formula is C18H29N3. The summed E-state index contributed by atoms with van der Waals surface area (Å²) >= 11 is 0. The third-order valence-electron chi connectivity index (χ3n) is 5.20. The van der Waals surface area contributed by atoms with Crippen LogP contribution in [0.3, 0.4) is 0 Å². The van der Waals surface area contributed by atoms with Crippen molar-refractivity contribution in [2.24, 2.45) is 5.92 Å². The first kappa shape index (κ1) is 15.0. The van der Waals surface area contributed by atoms with Gasteiger partial charge in [-0.25, -0.2) is 0 Å². The van der Waals surface area contributed by atoms with Gasteiger partial charge in [0, 0.05) is 36.9 Å². The summed E-state index contributed by atoms with van der Waals surface area (Å²) in [6.07, 6.45) is 12.7. The van der Waals surface area contributed by atoms with Crippen LogP contribution in [0.5, 0.6) is 0 Å². The summed E-state index contributed by atoms with van der Waals surface area (Å²) < 4.78 is 0. The van der Waals surface area contributed by atoms with Crippen molar-refractivity contribution in [1.29, 1.82) is 0 Å². The molecule has 2 fully saturated rings. The molecule has 3 unspecified atom stereocenters. The number of nitrogens with zero attached hydrogens (tertiary/aromatic N) is 1. The lowest BCUT2D eigenvalue weighted by atomic mass is 9.77. The van der Waals surface area contributed by atoms with Gasteiger partial charge >= 0.3 is 0 Å². The summed E-state index contributed by atoms with van der Waals surface area (Å²) in [4.78, 5) is 4.42. The molecule has 116 valence electrons. The van der Waals surface area contributed by atoms with E-state index in [-0.39, 0.29) is 0 Å². The Morgan fingerprint density at radius 1 is 1.10 bits per heavy atom. The number of rotatable bonds is 5. The monoisotopic (exact) mass is 287 g/mol. The molecule has 1 saturated heterocycles. The Balaban J connectivity index is 1.49. The van der Waals surface area contributed by atoms with Crippen LogP contribution in [0.25, 0.3) is 0 Å². The highest BCUT2D eigenvalue weighted by molar-refractivity contribution is 5.04. The van der Waals surface area contributed by atoms with E-state index in [1.807, 2.05) is 12.3 Å². The maximum absolute atomic E-state index is 4.42. The Labute approximate surface area is 128 Å². The van der Waals surface area contributed by atoms with Gasteiger partial charge in [-0.1, -0.05) is 25.3 Å². The Morgan fingerprint density at radius 2 is 2.00 bits per heavy atom. The molecule has 3 rings (SSSR count). The second-order valence-corrected chi connectivity index (χ2v) is 6.64. The fourth-order valence-electron chi connectivity index (χ4n) is 4.07. The SMILES string of the molecule is c1ccc(CCNC2CCCCC2C2CCCCN2)nc1. The quantitative estimate of drug-likeness (QED) is 0.874. The van der Waals surface area contributed by atoms with Gasteiger partial charge in [0.25, 0.3) is 0 Å². The molecule has 2 N–H and O–H groups in total. The largest absolute Gasteiger partial charge is 0.314 e. The summed E-state index contributed by atoms with van der Waals surface area (Å²) in [5.41, 5.74) is 1.20. The first-order valence-corrected chi connectivity index (χ1v) is 8.80. The van der Waals surface area contributed by atoms with Crippen molar-refractivity contribution in [1.82, 2.24) is 15.6 Å². The summed E-state index contributed by atoms with van der Waals surface area (Å²) in [5, 5.41) is 7.61. The first-order valence-electron chi connectivity index (χ1n) is 8.80. The molecule has 1 saturated carbocycles. The number of aromatic nitrogens is 1. The molecule has 2 heterocycles. The molecule has 1 aliphatic carbocycles. The van der Waals surface area contributed by atoms with Gasteiger partial charge in [0.1, 0.15) is 0 Å². The number of nitrogens with one attached hydrogen (secondary N) is 2. The predicted molar refractivity (Wildman–Crippen MR) is 87.3 cm³/mol. The number of hydrogen-bond donors (Lipinski definition) is 2. The van der Waals surface area contributed by atoms with E-state index in [0.29, 0.717) is 6.04 Å². The molecule has 1 aromatic heterocycles. The van der Waals surface area contributed by atoms with Crippen molar-refractivity contribution in [2.45, 2.75) is 63.5 Å². The van der Waals surface area contributed by atoms with Crippen LogP contribution < -0.4 is 10.6 Å². The van der Waals surface area contributed by atoms with Gasteiger partial charge in [-0.3, -0.25) is 4.98 Å². The van der Waals surface area contributed by atoms with Gasteiger partial charge in [0.2, 0.25) is 0 Å². The van der Waals surface area contributed by atoms with Crippen LogP contribution in [0.1, 0.15) is 50.6 Å². The molecule has 0 radical (unpaired) electrons. The van der Waals surface area contributed by atoms with Crippen LogP contribution in [0.4, 0.5) is 0 Å². The highest BCUT2D eigenvalue weighted by Crippen LogP contribution is 2.30. The zero-order valence-electron chi connectivity index (χ0n) is 13.1.